The van der Waals surface area contributed by atoms with Crippen molar-refractivity contribution >= 4 is 21.9 Å². The second-order valence-electron chi connectivity index (χ2n) is 6.07. The fourth-order valence-electron chi connectivity index (χ4n) is 3.17. The van der Waals surface area contributed by atoms with E-state index in [-0.39, 0.29) is 0 Å². The van der Waals surface area contributed by atoms with Crippen LogP contribution in [0.5, 0.6) is 5.75 Å². The summed E-state index contributed by atoms with van der Waals surface area (Å²) >= 11 is 0. The molecule has 4 aromatic heterocycles. The average Bonchev–Trinajstić information content (AvgIpc) is 3.31. The van der Waals surface area contributed by atoms with Gasteiger partial charge in [0.1, 0.15) is 17.1 Å². The fraction of sp³-hybridized carbons (Fsp3) is 0.0500. The van der Waals surface area contributed by atoms with E-state index in [2.05, 4.69) is 37.3 Å². The molecule has 4 heterocycles. The molecule has 0 atom stereocenters. The number of nitrogens with zero attached hydrogens (tertiary/aromatic N) is 3. The van der Waals surface area contributed by atoms with Crippen LogP contribution in [0.4, 0.5) is 0 Å². The third-order valence-electron chi connectivity index (χ3n) is 4.49. The number of aromatic nitrogens is 5. The minimum atomic E-state index is 0.733. The highest BCUT2D eigenvalue weighted by Crippen LogP contribution is 2.32. The summed E-state index contributed by atoms with van der Waals surface area (Å²) in [7, 11) is 1.64. The zero-order chi connectivity index (χ0) is 17.5. The summed E-state index contributed by atoms with van der Waals surface area (Å²) in [5.74, 6) is 0.733. The Labute approximate surface area is 148 Å². The standard InChI is InChI=1S/C20H15N5O/c1-26-15-7-14(10-21-11-15)12-4-5-17-16(8-12)19(25-24-17)18-9-13-3-2-6-22-20(13)23-18/h2-11H,1H3,(H,22,23)(H,24,25). The van der Waals surface area contributed by atoms with Crippen LogP contribution in [-0.2, 0) is 0 Å². The largest absolute Gasteiger partial charge is 0.495 e. The van der Waals surface area contributed by atoms with Crippen LogP contribution in [0.25, 0.3) is 44.5 Å². The van der Waals surface area contributed by atoms with Gasteiger partial charge in [-0.3, -0.25) is 10.1 Å². The quantitative estimate of drug-likeness (QED) is 0.516. The molecular weight excluding hydrogens is 326 g/mol. The van der Waals surface area contributed by atoms with Crippen molar-refractivity contribution in [3.8, 4) is 28.3 Å². The normalized spacial score (nSPS) is 11.3. The molecule has 5 rings (SSSR count). The first-order valence-corrected chi connectivity index (χ1v) is 8.23. The van der Waals surface area contributed by atoms with Crippen molar-refractivity contribution in [2.75, 3.05) is 7.11 Å². The molecule has 0 bridgehead atoms. The van der Waals surface area contributed by atoms with Gasteiger partial charge in [0, 0.05) is 28.7 Å². The zero-order valence-corrected chi connectivity index (χ0v) is 14.0. The van der Waals surface area contributed by atoms with E-state index in [1.807, 2.05) is 36.5 Å². The lowest BCUT2D eigenvalue weighted by atomic mass is 10.0. The average molecular weight is 341 g/mol. The SMILES string of the molecule is COc1cncc(-c2ccc3[nH]nc(-c4cc5cccnc5[nH]4)c3c2)c1. The Morgan fingerprint density at radius 1 is 1.00 bits per heavy atom. The molecule has 0 saturated carbocycles. The number of benzene rings is 1. The van der Waals surface area contributed by atoms with Gasteiger partial charge in [-0.25, -0.2) is 4.98 Å². The predicted molar refractivity (Wildman–Crippen MR) is 101 cm³/mol. The van der Waals surface area contributed by atoms with E-state index in [0.717, 1.165) is 50.2 Å². The third kappa shape index (κ3) is 2.31. The highest BCUT2D eigenvalue weighted by Gasteiger charge is 2.12. The van der Waals surface area contributed by atoms with E-state index >= 15 is 0 Å². The number of nitrogens with one attached hydrogen (secondary N) is 2. The van der Waals surface area contributed by atoms with Gasteiger partial charge in [-0.15, -0.1) is 0 Å². The predicted octanol–water partition coefficient (Wildman–Crippen LogP) is 4.18. The second kappa shape index (κ2) is 5.70. The monoisotopic (exact) mass is 341 g/mol. The van der Waals surface area contributed by atoms with Crippen molar-refractivity contribution in [1.82, 2.24) is 25.1 Å². The smallest absolute Gasteiger partial charge is 0.137 e. The van der Waals surface area contributed by atoms with Crippen LogP contribution in [0.2, 0.25) is 0 Å². The Hall–Kier alpha value is -3.67. The molecule has 0 amide bonds. The van der Waals surface area contributed by atoms with Crippen LogP contribution in [-0.4, -0.2) is 32.3 Å². The van der Waals surface area contributed by atoms with E-state index < -0.39 is 0 Å². The Morgan fingerprint density at radius 2 is 1.96 bits per heavy atom. The first-order valence-electron chi connectivity index (χ1n) is 8.23. The maximum Gasteiger partial charge on any atom is 0.137 e. The number of H-pyrrole nitrogens is 2. The summed E-state index contributed by atoms with van der Waals surface area (Å²) in [6.07, 6.45) is 5.30. The van der Waals surface area contributed by atoms with Crippen molar-refractivity contribution in [1.29, 1.82) is 0 Å². The van der Waals surface area contributed by atoms with Crippen molar-refractivity contribution in [2.45, 2.75) is 0 Å². The first kappa shape index (κ1) is 14.7. The number of aromatic amines is 2. The number of fused-ring (bicyclic) bond motifs is 2. The third-order valence-corrected chi connectivity index (χ3v) is 4.49. The van der Waals surface area contributed by atoms with Gasteiger partial charge in [-0.1, -0.05) is 6.07 Å². The number of methoxy groups -OCH3 is 1. The van der Waals surface area contributed by atoms with Crippen LogP contribution < -0.4 is 4.74 Å². The molecule has 26 heavy (non-hydrogen) atoms. The maximum absolute atomic E-state index is 5.28. The number of rotatable bonds is 3. The summed E-state index contributed by atoms with van der Waals surface area (Å²) < 4.78 is 5.28. The lowest BCUT2D eigenvalue weighted by Crippen LogP contribution is -1.86. The van der Waals surface area contributed by atoms with Gasteiger partial charge in [-0.05, 0) is 42.0 Å². The Balaban J connectivity index is 1.67. The maximum atomic E-state index is 5.28. The van der Waals surface area contributed by atoms with Gasteiger partial charge in [-0.2, -0.15) is 5.10 Å². The van der Waals surface area contributed by atoms with Crippen LogP contribution in [0.1, 0.15) is 0 Å². The molecular formula is C20H15N5O. The Morgan fingerprint density at radius 3 is 2.85 bits per heavy atom. The van der Waals surface area contributed by atoms with Crippen molar-refractivity contribution < 1.29 is 4.74 Å². The van der Waals surface area contributed by atoms with Crippen LogP contribution in [0.3, 0.4) is 0 Å². The topological polar surface area (TPSA) is 79.5 Å². The zero-order valence-electron chi connectivity index (χ0n) is 14.0. The van der Waals surface area contributed by atoms with E-state index in [1.54, 1.807) is 19.5 Å². The number of ether oxygens (including phenoxy) is 1. The highest BCUT2D eigenvalue weighted by molar-refractivity contribution is 5.97. The molecule has 2 N–H and O–H groups in total. The molecule has 0 fully saturated rings. The highest BCUT2D eigenvalue weighted by atomic mass is 16.5. The number of hydrogen-bond donors (Lipinski definition) is 2. The molecule has 126 valence electrons. The van der Waals surface area contributed by atoms with Crippen molar-refractivity contribution in [3.63, 3.8) is 0 Å². The second-order valence-corrected chi connectivity index (χ2v) is 6.07. The molecule has 0 aliphatic rings. The minimum Gasteiger partial charge on any atom is -0.495 e. The van der Waals surface area contributed by atoms with Gasteiger partial charge >= 0.3 is 0 Å². The van der Waals surface area contributed by atoms with E-state index in [9.17, 15) is 0 Å². The summed E-state index contributed by atoms with van der Waals surface area (Å²) in [6.45, 7) is 0. The summed E-state index contributed by atoms with van der Waals surface area (Å²) in [6, 6.07) is 14.2. The van der Waals surface area contributed by atoms with Gasteiger partial charge in [0.05, 0.1) is 24.5 Å². The molecule has 6 heteroatoms. The first-order chi connectivity index (χ1) is 12.8. The van der Waals surface area contributed by atoms with E-state index in [4.69, 9.17) is 4.74 Å². The molecule has 0 spiro atoms. The molecule has 6 nitrogen and oxygen atoms in total. The van der Waals surface area contributed by atoms with Crippen molar-refractivity contribution in [2.24, 2.45) is 0 Å². The van der Waals surface area contributed by atoms with Gasteiger partial charge in [0.25, 0.3) is 0 Å². The lowest BCUT2D eigenvalue weighted by Gasteiger charge is -2.04. The van der Waals surface area contributed by atoms with Gasteiger partial charge < -0.3 is 9.72 Å². The molecule has 0 aliphatic heterocycles. The van der Waals surface area contributed by atoms with Crippen LogP contribution in [0.15, 0.2) is 61.1 Å². The van der Waals surface area contributed by atoms with E-state index in [1.165, 1.54) is 0 Å². The number of hydrogen-bond acceptors (Lipinski definition) is 4. The lowest BCUT2D eigenvalue weighted by molar-refractivity contribution is 0.413. The van der Waals surface area contributed by atoms with Crippen LogP contribution >= 0.6 is 0 Å². The molecule has 1 aromatic carbocycles. The van der Waals surface area contributed by atoms with Gasteiger partial charge in [0.15, 0.2) is 0 Å². The summed E-state index contributed by atoms with van der Waals surface area (Å²) in [5, 5.41) is 9.71. The summed E-state index contributed by atoms with van der Waals surface area (Å²) in [4.78, 5) is 11.9. The molecule has 5 aromatic rings. The minimum absolute atomic E-state index is 0.733. The molecule has 0 unspecified atom stereocenters. The number of pyridine rings is 2. The Kier molecular flexibility index (Phi) is 3.21. The Bertz CT molecular complexity index is 1200. The molecule has 0 saturated heterocycles. The van der Waals surface area contributed by atoms with Crippen molar-refractivity contribution in [3.05, 3.63) is 61.1 Å². The van der Waals surface area contributed by atoms with Gasteiger partial charge in [0.2, 0.25) is 0 Å². The molecule has 0 aliphatic carbocycles. The summed E-state index contributed by atoms with van der Waals surface area (Å²) in [5.41, 5.74) is 5.69. The fourth-order valence-corrected chi connectivity index (χ4v) is 3.17. The van der Waals surface area contributed by atoms with Crippen LogP contribution in [0, 0.1) is 0 Å². The molecule has 0 radical (unpaired) electrons. The van der Waals surface area contributed by atoms with E-state index in [0.29, 0.717) is 0 Å².